The summed E-state index contributed by atoms with van der Waals surface area (Å²) < 4.78 is 13.1. The van der Waals surface area contributed by atoms with E-state index < -0.39 is 0 Å². The molecule has 9 heteroatoms. The Morgan fingerprint density at radius 1 is 1.18 bits per heavy atom. The Morgan fingerprint density at radius 2 is 1.95 bits per heavy atom. The lowest BCUT2D eigenvalue weighted by molar-refractivity contribution is -0.135. The topological polar surface area (TPSA) is 98.7 Å². The first-order valence-corrected chi connectivity index (χ1v) is 13.6. The predicted molar refractivity (Wildman–Crippen MR) is 155 cm³/mol. The molecule has 3 aromatic rings. The first-order valence-electron chi connectivity index (χ1n) is 13.6. The molecule has 1 saturated heterocycles. The van der Waals surface area contributed by atoms with Gasteiger partial charge < -0.3 is 24.7 Å². The third-order valence-electron chi connectivity index (χ3n) is 7.06. The molecule has 2 N–H and O–H groups in total. The fourth-order valence-corrected chi connectivity index (χ4v) is 5.14. The van der Waals surface area contributed by atoms with Crippen molar-refractivity contribution >= 4 is 29.0 Å². The lowest BCUT2D eigenvalue weighted by atomic mass is 10.1. The Kier molecular flexibility index (Phi) is 10.2. The Hall–Kier alpha value is -3.53. The van der Waals surface area contributed by atoms with Gasteiger partial charge in [-0.1, -0.05) is 18.7 Å². The summed E-state index contributed by atoms with van der Waals surface area (Å²) in [4.78, 5) is 27.1. The maximum Gasteiger partial charge on any atom is 0.242 e. The van der Waals surface area contributed by atoms with Gasteiger partial charge >= 0.3 is 0 Å². The Morgan fingerprint density at radius 3 is 2.67 bits per heavy atom. The maximum atomic E-state index is 13.4. The second kappa shape index (κ2) is 14.0. The van der Waals surface area contributed by atoms with Gasteiger partial charge in [-0.05, 0) is 57.1 Å². The van der Waals surface area contributed by atoms with Crippen LogP contribution in [0.25, 0.3) is 23.1 Å². The SMILES string of the molecule is C=Cc1c(/C=C\C)n(CC(=O)N2CCOCC2)c2c(CN(CCCCN)Cc3ncccc3OC)nccc12. The van der Waals surface area contributed by atoms with Crippen LogP contribution in [0.5, 0.6) is 5.75 Å². The van der Waals surface area contributed by atoms with Gasteiger partial charge in [-0.15, -0.1) is 0 Å². The Balaban J connectivity index is 1.75. The number of amides is 1. The molecule has 0 aliphatic carbocycles. The Bertz CT molecular complexity index is 1300. The number of unbranched alkanes of at least 4 members (excludes halogenated alkanes) is 1. The van der Waals surface area contributed by atoms with E-state index in [1.54, 1.807) is 13.3 Å². The molecule has 0 atom stereocenters. The van der Waals surface area contributed by atoms with Crippen molar-refractivity contribution in [1.29, 1.82) is 0 Å². The summed E-state index contributed by atoms with van der Waals surface area (Å²) in [6.45, 7) is 11.3. The number of hydrogen-bond acceptors (Lipinski definition) is 7. The second-order valence-electron chi connectivity index (χ2n) is 9.59. The van der Waals surface area contributed by atoms with Crippen LogP contribution in [0.15, 0.2) is 43.2 Å². The zero-order valence-electron chi connectivity index (χ0n) is 23.1. The minimum absolute atomic E-state index is 0.0735. The molecule has 1 fully saturated rings. The van der Waals surface area contributed by atoms with Crippen LogP contribution in [0.2, 0.25) is 0 Å². The number of carbonyl (C=O) groups excluding carboxylic acids is 1. The van der Waals surface area contributed by atoms with E-state index in [1.165, 1.54) is 0 Å². The third-order valence-corrected chi connectivity index (χ3v) is 7.06. The van der Waals surface area contributed by atoms with Crippen LogP contribution in [0.1, 0.15) is 42.4 Å². The van der Waals surface area contributed by atoms with Crippen LogP contribution in [0.4, 0.5) is 0 Å². The molecule has 39 heavy (non-hydrogen) atoms. The van der Waals surface area contributed by atoms with Gasteiger partial charge in [-0.2, -0.15) is 0 Å². The number of methoxy groups -OCH3 is 1. The summed E-state index contributed by atoms with van der Waals surface area (Å²) in [5.74, 6) is 0.834. The number of morpholine rings is 1. The van der Waals surface area contributed by atoms with E-state index in [0.29, 0.717) is 45.9 Å². The molecule has 4 heterocycles. The quantitative estimate of drug-likeness (QED) is 0.335. The van der Waals surface area contributed by atoms with Crippen molar-refractivity contribution < 1.29 is 14.3 Å². The second-order valence-corrected chi connectivity index (χ2v) is 9.59. The van der Waals surface area contributed by atoms with Gasteiger partial charge in [0.1, 0.15) is 12.3 Å². The van der Waals surface area contributed by atoms with Crippen LogP contribution in [-0.2, 0) is 29.2 Å². The molecular weight excluding hydrogens is 492 g/mol. The molecule has 3 aromatic heterocycles. The average molecular weight is 533 g/mol. The summed E-state index contributed by atoms with van der Waals surface area (Å²) in [7, 11) is 1.67. The van der Waals surface area contributed by atoms with Gasteiger partial charge in [0.15, 0.2) is 0 Å². The third kappa shape index (κ3) is 6.73. The number of ether oxygens (including phenoxy) is 2. The van der Waals surface area contributed by atoms with Crippen LogP contribution in [0, 0.1) is 0 Å². The summed E-state index contributed by atoms with van der Waals surface area (Å²) in [5, 5.41) is 1.04. The number of allylic oxidation sites excluding steroid dienone is 1. The first-order chi connectivity index (χ1) is 19.1. The zero-order chi connectivity index (χ0) is 27.6. The fourth-order valence-electron chi connectivity index (χ4n) is 5.14. The van der Waals surface area contributed by atoms with E-state index in [2.05, 4.69) is 21.0 Å². The molecule has 1 amide bonds. The number of carbonyl (C=O) groups is 1. The molecule has 1 aliphatic heterocycles. The van der Waals surface area contributed by atoms with Crippen molar-refractivity contribution in [2.75, 3.05) is 46.5 Å². The summed E-state index contributed by atoms with van der Waals surface area (Å²) in [6.07, 6.45) is 11.4. The molecule has 0 aromatic carbocycles. The highest BCUT2D eigenvalue weighted by molar-refractivity contribution is 5.96. The smallest absolute Gasteiger partial charge is 0.242 e. The molecule has 0 spiro atoms. The van der Waals surface area contributed by atoms with Crippen LogP contribution in [0.3, 0.4) is 0 Å². The van der Waals surface area contributed by atoms with E-state index >= 15 is 0 Å². The molecule has 208 valence electrons. The van der Waals surface area contributed by atoms with E-state index in [1.807, 2.05) is 54.4 Å². The predicted octanol–water partition coefficient (Wildman–Crippen LogP) is 3.72. The number of rotatable bonds is 13. The molecule has 0 bridgehead atoms. The summed E-state index contributed by atoms with van der Waals surface area (Å²) in [6, 6.07) is 5.82. The van der Waals surface area contributed by atoms with Gasteiger partial charge in [0.25, 0.3) is 0 Å². The molecule has 9 nitrogen and oxygen atoms in total. The average Bonchev–Trinajstić information content (AvgIpc) is 3.26. The number of aromatic nitrogens is 3. The highest BCUT2D eigenvalue weighted by Crippen LogP contribution is 2.31. The van der Waals surface area contributed by atoms with Crippen molar-refractivity contribution in [1.82, 2.24) is 24.3 Å². The van der Waals surface area contributed by atoms with E-state index in [-0.39, 0.29) is 12.5 Å². The largest absolute Gasteiger partial charge is 0.495 e. The molecule has 0 saturated carbocycles. The van der Waals surface area contributed by atoms with E-state index in [0.717, 1.165) is 58.7 Å². The summed E-state index contributed by atoms with van der Waals surface area (Å²) >= 11 is 0. The van der Waals surface area contributed by atoms with Crippen molar-refractivity contribution in [2.24, 2.45) is 5.73 Å². The molecule has 4 rings (SSSR count). The van der Waals surface area contributed by atoms with Crippen LogP contribution < -0.4 is 10.5 Å². The number of nitrogens with zero attached hydrogens (tertiary/aromatic N) is 5. The lowest BCUT2D eigenvalue weighted by Gasteiger charge is -2.27. The highest BCUT2D eigenvalue weighted by atomic mass is 16.5. The molecular formula is C30H40N6O3. The van der Waals surface area contributed by atoms with Crippen molar-refractivity contribution in [2.45, 2.75) is 39.4 Å². The summed E-state index contributed by atoms with van der Waals surface area (Å²) in [5.41, 5.74) is 10.5. The van der Waals surface area contributed by atoms with Gasteiger partial charge in [0, 0.05) is 55.2 Å². The normalized spacial score (nSPS) is 14.0. The zero-order valence-corrected chi connectivity index (χ0v) is 23.1. The number of pyridine rings is 2. The minimum atomic E-state index is 0.0735. The monoisotopic (exact) mass is 532 g/mol. The first kappa shape index (κ1) is 28.5. The molecule has 0 radical (unpaired) electrons. The number of hydrogen-bond donors (Lipinski definition) is 1. The standard InChI is InChI=1S/C30H40N6O3/c1-4-9-27-23(5-2)24-11-14-33-26(30(24)36(27)22-29(37)35-16-18-39-19-17-35)21-34(15-7-6-12-31)20-25-28(38-3)10-8-13-32-25/h4-5,8-11,13-14H,2,6-7,12,15-22,31H2,1,3H3/b9-4-. The highest BCUT2D eigenvalue weighted by Gasteiger charge is 2.24. The van der Waals surface area contributed by atoms with Crippen LogP contribution >= 0.6 is 0 Å². The van der Waals surface area contributed by atoms with Gasteiger partial charge in [-0.3, -0.25) is 19.7 Å². The Labute approximate surface area is 230 Å². The van der Waals surface area contributed by atoms with Crippen molar-refractivity contribution in [3.05, 3.63) is 65.9 Å². The van der Waals surface area contributed by atoms with Crippen molar-refractivity contribution in [3.63, 3.8) is 0 Å². The van der Waals surface area contributed by atoms with E-state index in [9.17, 15) is 4.79 Å². The van der Waals surface area contributed by atoms with Gasteiger partial charge in [-0.25, -0.2) is 0 Å². The van der Waals surface area contributed by atoms with Gasteiger partial charge in [0.05, 0.1) is 37.2 Å². The molecule has 0 unspecified atom stereocenters. The van der Waals surface area contributed by atoms with Crippen molar-refractivity contribution in [3.8, 4) is 5.75 Å². The minimum Gasteiger partial charge on any atom is -0.495 e. The van der Waals surface area contributed by atoms with E-state index in [4.69, 9.17) is 20.2 Å². The van der Waals surface area contributed by atoms with Gasteiger partial charge in [0.2, 0.25) is 5.91 Å². The van der Waals surface area contributed by atoms with Crippen LogP contribution in [-0.4, -0.2) is 76.7 Å². The number of nitrogens with two attached hydrogens (primary N) is 1. The maximum absolute atomic E-state index is 13.4. The number of fused-ring (bicyclic) bond motifs is 1. The fraction of sp³-hybridized carbons (Fsp3) is 0.433. The lowest BCUT2D eigenvalue weighted by Crippen LogP contribution is -2.42. The molecule has 1 aliphatic rings.